The van der Waals surface area contributed by atoms with Gasteiger partial charge in [0, 0.05) is 20.9 Å². The molecule has 4 nitrogen and oxygen atoms in total. The molecule has 0 unspecified atom stereocenters. The highest BCUT2D eigenvalue weighted by Gasteiger charge is 2.16. The molecule has 0 saturated heterocycles. The van der Waals surface area contributed by atoms with Crippen molar-refractivity contribution in [3.63, 3.8) is 0 Å². The van der Waals surface area contributed by atoms with Crippen LogP contribution in [-0.4, -0.2) is 12.9 Å². The van der Waals surface area contributed by atoms with Gasteiger partial charge in [0.1, 0.15) is 18.1 Å². The van der Waals surface area contributed by atoms with Gasteiger partial charge in [-0.2, -0.15) is 0 Å². The molecule has 1 N–H and O–H groups in total. The van der Waals surface area contributed by atoms with Crippen LogP contribution >= 0.6 is 11.8 Å². The summed E-state index contributed by atoms with van der Waals surface area (Å²) in [6, 6.07) is 27.7. The van der Waals surface area contributed by atoms with Crippen molar-refractivity contribution in [2.45, 2.75) is 22.8 Å². The van der Waals surface area contributed by atoms with E-state index in [0.717, 1.165) is 50.9 Å². The number of rotatable bonds is 9. The number of methoxy groups -OCH3 is 1. The third kappa shape index (κ3) is 5.63. The number of anilines is 2. The number of carbonyl (C=O) groups excluding carboxylic acids is 1. The van der Waals surface area contributed by atoms with Gasteiger partial charge in [-0.05, 0) is 72.2 Å². The van der Waals surface area contributed by atoms with E-state index in [9.17, 15) is 4.79 Å². The van der Waals surface area contributed by atoms with Crippen molar-refractivity contribution in [1.82, 2.24) is 0 Å². The van der Waals surface area contributed by atoms with Crippen LogP contribution in [0, 0.1) is 0 Å². The van der Waals surface area contributed by atoms with Crippen LogP contribution in [0.1, 0.15) is 27.0 Å². The van der Waals surface area contributed by atoms with Crippen LogP contribution < -0.4 is 14.8 Å². The van der Waals surface area contributed by atoms with E-state index >= 15 is 0 Å². The van der Waals surface area contributed by atoms with E-state index in [0.29, 0.717) is 12.2 Å². The largest absolute Gasteiger partial charge is 0.496 e. The molecule has 0 aliphatic carbocycles. The summed E-state index contributed by atoms with van der Waals surface area (Å²) in [6.07, 6.45) is 6.04. The zero-order chi connectivity index (χ0) is 25.6. The van der Waals surface area contributed by atoms with Crippen LogP contribution in [0.3, 0.4) is 0 Å². The van der Waals surface area contributed by atoms with E-state index in [4.69, 9.17) is 9.47 Å². The zero-order valence-electron chi connectivity index (χ0n) is 20.6. The molecule has 5 rings (SSSR count). The van der Waals surface area contributed by atoms with Gasteiger partial charge in [0.05, 0.1) is 18.5 Å². The number of para-hydroxylation sites is 2. The predicted octanol–water partition coefficient (Wildman–Crippen LogP) is 8.11. The minimum atomic E-state index is -0.0552. The molecule has 0 spiro atoms. The second-order valence-corrected chi connectivity index (χ2v) is 9.68. The van der Waals surface area contributed by atoms with Gasteiger partial charge < -0.3 is 14.8 Å². The first kappa shape index (κ1) is 24.5. The fourth-order valence-electron chi connectivity index (χ4n) is 4.20. The number of ketones is 1. The Labute approximate surface area is 221 Å². The number of hydrogen-bond donors (Lipinski definition) is 1. The van der Waals surface area contributed by atoms with Crippen molar-refractivity contribution in [1.29, 1.82) is 0 Å². The van der Waals surface area contributed by atoms with Crippen molar-refractivity contribution in [2.24, 2.45) is 0 Å². The van der Waals surface area contributed by atoms with Crippen molar-refractivity contribution < 1.29 is 14.3 Å². The lowest BCUT2D eigenvalue weighted by molar-refractivity contribution is 0.104. The number of nitrogens with one attached hydrogen (secondary N) is 1. The standard InChI is InChI=1S/C32H27NO3S/c1-3-8-23-9-4-6-11-30(23)36-21-25-19-22(14-17-29(25)35-2)13-16-28(34)24-15-18-32-27(20-24)33-26-10-5-7-12-31(26)37-32/h3-7,9-20,33H,1,8,21H2,2H3/b16-13+. The number of benzene rings is 4. The van der Waals surface area contributed by atoms with Crippen molar-refractivity contribution in [3.8, 4) is 11.5 Å². The zero-order valence-corrected chi connectivity index (χ0v) is 21.4. The van der Waals surface area contributed by atoms with Crippen LogP contribution in [0.4, 0.5) is 11.4 Å². The minimum Gasteiger partial charge on any atom is -0.496 e. The molecule has 0 aromatic heterocycles. The van der Waals surface area contributed by atoms with Gasteiger partial charge in [-0.3, -0.25) is 4.79 Å². The Morgan fingerprint density at radius 2 is 1.70 bits per heavy atom. The van der Waals surface area contributed by atoms with Crippen molar-refractivity contribution >= 4 is 35.0 Å². The average molecular weight is 506 g/mol. The average Bonchev–Trinajstić information content (AvgIpc) is 2.94. The fourth-order valence-corrected chi connectivity index (χ4v) is 5.17. The predicted molar refractivity (Wildman–Crippen MR) is 151 cm³/mol. The van der Waals surface area contributed by atoms with E-state index in [1.54, 1.807) is 24.9 Å². The maximum Gasteiger partial charge on any atom is 0.185 e. The number of allylic oxidation sites excluding steroid dienone is 2. The Morgan fingerprint density at radius 1 is 0.892 bits per heavy atom. The molecule has 0 atom stereocenters. The fraction of sp³-hybridized carbons (Fsp3) is 0.0938. The van der Waals surface area contributed by atoms with Gasteiger partial charge in [0.15, 0.2) is 5.78 Å². The summed E-state index contributed by atoms with van der Waals surface area (Å²) in [5.74, 6) is 1.51. The molecule has 0 amide bonds. The van der Waals surface area contributed by atoms with E-state index in [-0.39, 0.29) is 5.78 Å². The quantitative estimate of drug-likeness (QED) is 0.125. The molecule has 4 aromatic rings. The maximum absolute atomic E-state index is 13.0. The van der Waals surface area contributed by atoms with Gasteiger partial charge in [0.25, 0.3) is 0 Å². The smallest absolute Gasteiger partial charge is 0.185 e. The number of carbonyl (C=O) groups is 1. The highest BCUT2D eigenvalue weighted by molar-refractivity contribution is 7.99. The van der Waals surface area contributed by atoms with Crippen LogP contribution in [0.5, 0.6) is 11.5 Å². The first-order valence-electron chi connectivity index (χ1n) is 12.0. The van der Waals surface area contributed by atoms with Gasteiger partial charge >= 0.3 is 0 Å². The first-order valence-corrected chi connectivity index (χ1v) is 12.8. The summed E-state index contributed by atoms with van der Waals surface area (Å²) in [5.41, 5.74) is 5.52. The van der Waals surface area contributed by atoms with Crippen LogP contribution in [0.15, 0.2) is 113 Å². The SMILES string of the molecule is C=CCc1ccccc1OCc1cc(/C=C/C(=O)c2ccc3c(c2)Nc2ccccc2S3)ccc1OC. The summed E-state index contributed by atoms with van der Waals surface area (Å²) in [4.78, 5) is 15.3. The lowest BCUT2D eigenvalue weighted by Crippen LogP contribution is -2.02. The monoisotopic (exact) mass is 505 g/mol. The number of hydrogen-bond acceptors (Lipinski definition) is 5. The topological polar surface area (TPSA) is 47.6 Å². The Hall–Kier alpha value is -4.22. The summed E-state index contributed by atoms with van der Waals surface area (Å²) in [7, 11) is 1.64. The van der Waals surface area contributed by atoms with Crippen molar-refractivity contribution in [3.05, 3.63) is 126 Å². The summed E-state index contributed by atoms with van der Waals surface area (Å²) < 4.78 is 11.7. The molecular formula is C32H27NO3S. The molecule has 37 heavy (non-hydrogen) atoms. The molecular weight excluding hydrogens is 478 g/mol. The van der Waals surface area contributed by atoms with E-state index < -0.39 is 0 Å². The first-order chi connectivity index (χ1) is 18.1. The Kier molecular flexibility index (Phi) is 7.43. The third-order valence-electron chi connectivity index (χ3n) is 6.09. The van der Waals surface area contributed by atoms with E-state index in [2.05, 4.69) is 18.0 Å². The molecule has 4 aromatic carbocycles. The molecule has 0 fully saturated rings. The number of ether oxygens (including phenoxy) is 2. The van der Waals surface area contributed by atoms with Gasteiger partial charge in [-0.15, -0.1) is 6.58 Å². The minimum absolute atomic E-state index is 0.0552. The van der Waals surface area contributed by atoms with Crippen LogP contribution in [-0.2, 0) is 13.0 Å². The highest BCUT2D eigenvalue weighted by atomic mass is 32.2. The van der Waals surface area contributed by atoms with E-state index in [1.165, 1.54) is 4.90 Å². The molecule has 0 radical (unpaired) electrons. The molecule has 0 bridgehead atoms. The molecule has 1 aliphatic rings. The molecule has 184 valence electrons. The Balaban J connectivity index is 1.30. The maximum atomic E-state index is 13.0. The lowest BCUT2D eigenvalue weighted by atomic mass is 10.1. The normalized spacial score (nSPS) is 11.8. The molecule has 5 heteroatoms. The molecule has 1 heterocycles. The Bertz CT molecular complexity index is 1490. The van der Waals surface area contributed by atoms with Gasteiger partial charge in [-0.25, -0.2) is 0 Å². The lowest BCUT2D eigenvalue weighted by Gasteiger charge is -2.20. The van der Waals surface area contributed by atoms with Gasteiger partial charge in [-0.1, -0.05) is 60.3 Å². The van der Waals surface area contributed by atoms with Crippen LogP contribution in [0.2, 0.25) is 0 Å². The van der Waals surface area contributed by atoms with Crippen molar-refractivity contribution in [2.75, 3.05) is 12.4 Å². The summed E-state index contributed by atoms with van der Waals surface area (Å²) in [6.45, 7) is 4.18. The summed E-state index contributed by atoms with van der Waals surface area (Å²) in [5, 5.41) is 3.44. The van der Waals surface area contributed by atoms with E-state index in [1.807, 2.05) is 91.0 Å². The van der Waals surface area contributed by atoms with Crippen LogP contribution in [0.25, 0.3) is 6.08 Å². The molecule has 0 saturated carbocycles. The second kappa shape index (κ2) is 11.2. The second-order valence-electron chi connectivity index (χ2n) is 8.59. The van der Waals surface area contributed by atoms with Gasteiger partial charge in [0.2, 0.25) is 0 Å². The highest BCUT2D eigenvalue weighted by Crippen LogP contribution is 2.44. The molecule has 1 aliphatic heterocycles. The number of fused-ring (bicyclic) bond motifs is 2. The third-order valence-corrected chi connectivity index (χ3v) is 7.24. The Morgan fingerprint density at radius 3 is 2.57 bits per heavy atom. The summed E-state index contributed by atoms with van der Waals surface area (Å²) >= 11 is 1.70.